The predicted molar refractivity (Wildman–Crippen MR) is 136 cm³/mol. The highest BCUT2D eigenvalue weighted by atomic mass is 35.5. The van der Waals surface area contributed by atoms with E-state index in [4.69, 9.17) is 26.0 Å². The highest BCUT2D eigenvalue weighted by molar-refractivity contribution is 6.15. The van der Waals surface area contributed by atoms with Crippen LogP contribution < -0.4 is 19.1 Å². The van der Waals surface area contributed by atoms with Gasteiger partial charge in [0.25, 0.3) is 0 Å². The lowest BCUT2D eigenvalue weighted by Crippen LogP contribution is -2.40. The number of nitrogens with zero attached hydrogens (tertiary/aromatic N) is 2. The topological polar surface area (TPSA) is 51.2 Å². The Kier molecular flexibility index (Phi) is 9.29. The molecule has 0 saturated heterocycles. The van der Waals surface area contributed by atoms with Gasteiger partial charge in [-0.25, -0.2) is 4.42 Å². The number of hydrogen-bond donors (Lipinski definition) is 0. The van der Waals surface area contributed by atoms with Crippen molar-refractivity contribution in [3.8, 4) is 17.2 Å². The van der Waals surface area contributed by atoms with Gasteiger partial charge in [0.2, 0.25) is 5.91 Å². The van der Waals surface area contributed by atoms with Crippen molar-refractivity contribution in [3.05, 3.63) is 83.4 Å². The van der Waals surface area contributed by atoms with E-state index in [0.29, 0.717) is 40.5 Å². The van der Waals surface area contributed by atoms with E-state index >= 15 is 0 Å². The molecule has 0 spiro atoms. The Balaban J connectivity index is 2.01. The van der Waals surface area contributed by atoms with Gasteiger partial charge in [-0.15, -0.1) is 0 Å². The molecule has 0 aliphatic heterocycles. The summed E-state index contributed by atoms with van der Waals surface area (Å²) in [5.41, 5.74) is 0.976. The second-order valence-corrected chi connectivity index (χ2v) is 8.68. The Morgan fingerprint density at radius 2 is 1.51 bits per heavy atom. The minimum atomic E-state index is -4.42. The molecule has 6 nitrogen and oxygen atoms in total. The van der Waals surface area contributed by atoms with Crippen LogP contribution in [0.2, 0.25) is 0 Å². The number of rotatable bonds is 10. The van der Waals surface area contributed by atoms with Crippen molar-refractivity contribution in [1.29, 1.82) is 0 Å². The summed E-state index contributed by atoms with van der Waals surface area (Å²) < 4.78 is 56.4. The minimum Gasteiger partial charge on any atom is -0.496 e. The molecule has 0 radical (unpaired) electrons. The number of likely N-dealkylation sites (N-methyl/N-ethyl adjacent to an activating group) is 1. The number of amides is 1. The van der Waals surface area contributed by atoms with Gasteiger partial charge in [0.1, 0.15) is 11.8 Å². The first-order valence-corrected chi connectivity index (χ1v) is 11.7. The average Bonchev–Trinajstić information content (AvgIpc) is 2.88. The molecule has 1 amide bonds. The molecule has 198 valence electrons. The molecule has 0 N–H and O–H groups in total. The fraction of sp³-hybridized carbons (Fsp3) is 0.296. The Hall–Kier alpha value is -3.43. The molecule has 0 unspecified atom stereocenters. The average molecular weight is 537 g/mol. The third-order valence-corrected chi connectivity index (χ3v) is 6.07. The van der Waals surface area contributed by atoms with E-state index in [1.165, 1.54) is 42.8 Å². The van der Waals surface area contributed by atoms with Crippen molar-refractivity contribution in [2.45, 2.75) is 18.6 Å². The highest BCUT2D eigenvalue weighted by Gasteiger charge is 2.33. The summed E-state index contributed by atoms with van der Waals surface area (Å²) in [5, 5.41) is 0. The highest BCUT2D eigenvalue weighted by Crippen LogP contribution is 2.36. The second kappa shape index (κ2) is 12.2. The summed E-state index contributed by atoms with van der Waals surface area (Å²) in [6.45, 7) is 0.163. The van der Waals surface area contributed by atoms with Gasteiger partial charge >= 0.3 is 6.18 Å². The molecule has 0 saturated carbocycles. The number of methoxy groups -OCH3 is 3. The quantitative estimate of drug-likeness (QED) is 0.292. The van der Waals surface area contributed by atoms with Crippen LogP contribution in [0.5, 0.6) is 17.2 Å². The van der Waals surface area contributed by atoms with Gasteiger partial charge in [-0.3, -0.25) is 4.79 Å². The number of carbonyl (C=O) groups is 1. The number of anilines is 1. The third-order valence-electron chi connectivity index (χ3n) is 5.87. The van der Waals surface area contributed by atoms with Crippen molar-refractivity contribution in [3.63, 3.8) is 0 Å². The Morgan fingerprint density at radius 1 is 0.892 bits per heavy atom. The largest absolute Gasteiger partial charge is 0.496 e. The number of halogens is 4. The standard InChI is InChI=1S/C27H28ClF3N2O4/c1-32(28)25(21-7-5-6-8-22(21)35-2)26(34)33(20-13-14-23(36-3)24(17-20)37-4)16-15-18-9-11-19(12-10-18)27(29,30)31/h5-14,17,25H,15-16H2,1-4H3/t25-/m1/s1. The van der Waals surface area contributed by atoms with Crippen molar-refractivity contribution >= 4 is 23.4 Å². The number of alkyl halides is 3. The van der Waals surface area contributed by atoms with Gasteiger partial charge in [-0.1, -0.05) is 30.3 Å². The van der Waals surface area contributed by atoms with E-state index in [0.717, 1.165) is 12.1 Å². The molecule has 3 aromatic carbocycles. The molecular formula is C27H28ClF3N2O4. The van der Waals surface area contributed by atoms with Crippen LogP contribution in [0.4, 0.5) is 18.9 Å². The first kappa shape index (κ1) is 28.1. The first-order valence-electron chi connectivity index (χ1n) is 11.3. The van der Waals surface area contributed by atoms with Crippen molar-refractivity contribution < 1.29 is 32.2 Å². The number of hydrogen-bond acceptors (Lipinski definition) is 5. The zero-order valence-electron chi connectivity index (χ0n) is 20.9. The maximum Gasteiger partial charge on any atom is 0.416 e. The number of carbonyl (C=O) groups excluding carboxylic acids is 1. The minimum absolute atomic E-state index is 0.163. The van der Waals surface area contributed by atoms with Gasteiger partial charge in [-0.05, 0) is 54.1 Å². The van der Waals surface area contributed by atoms with Gasteiger partial charge < -0.3 is 19.1 Å². The summed E-state index contributed by atoms with van der Waals surface area (Å²) in [6.07, 6.45) is -4.13. The van der Waals surface area contributed by atoms with Crippen LogP contribution in [0.15, 0.2) is 66.7 Å². The predicted octanol–water partition coefficient (Wildman–Crippen LogP) is 6.13. The van der Waals surface area contributed by atoms with Crippen LogP contribution in [-0.4, -0.2) is 45.2 Å². The van der Waals surface area contributed by atoms with E-state index < -0.39 is 17.8 Å². The van der Waals surface area contributed by atoms with Crippen LogP contribution in [0.3, 0.4) is 0 Å². The zero-order valence-corrected chi connectivity index (χ0v) is 21.6. The number of benzene rings is 3. The number of ether oxygens (including phenoxy) is 3. The second-order valence-electron chi connectivity index (χ2n) is 8.14. The summed E-state index contributed by atoms with van der Waals surface area (Å²) >= 11 is 6.40. The summed E-state index contributed by atoms with van der Waals surface area (Å²) in [6, 6.07) is 16.1. The maximum absolute atomic E-state index is 14.0. The van der Waals surface area contributed by atoms with Gasteiger partial charge in [-0.2, -0.15) is 13.2 Å². The summed E-state index contributed by atoms with van der Waals surface area (Å²) in [5.74, 6) is 1.03. The molecule has 0 fully saturated rings. The smallest absolute Gasteiger partial charge is 0.416 e. The molecule has 10 heteroatoms. The number of para-hydroxylation sites is 1. The zero-order chi connectivity index (χ0) is 27.2. The van der Waals surface area contributed by atoms with E-state index in [9.17, 15) is 18.0 Å². The molecule has 37 heavy (non-hydrogen) atoms. The monoisotopic (exact) mass is 536 g/mol. The lowest BCUT2D eigenvalue weighted by atomic mass is 10.0. The maximum atomic E-state index is 14.0. The molecule has 3 rings (SSSR count). The van der Waals surface area contributed by atoms with E-state index in [2.05, 4.69) is 0 Å². The van der Waals surface area contributed by atoms with Crippen LogP contribution in [0.25, 0.3) is 0 Å². The third kappa shape index (κ3) is 6.67. The normalized spacial score (nSPS) is 12.2. The van der Waals surface area contributed by atoms with Crippen LogP contribution in [0.1, 0.15) is 22.7 Å². The van der Waals surface area contributed by atoms with Crippen molar-refractivity contribution in [2.75, 3.05) is 39.8 Å². The van der Waals surface area contributed by atoms with Crippen LogP contribution in [-0.2, 0) is 17.4 Å². The Bertz CT molecular complexity index is 1200. The van der Waals surface area contributed by atoms with Crippen LogP contribution in [0, 0.1) is 0 Å². The summed E-state index contributed by atoms with van der Waals surface area (Å²) in [4.78, 5) is 15.6. The molecule has 0 bridgehead atoms. The lowest BCUT2D eigenvalue weighted by molar-refractivity contribution is -0.137. The first-order chi connectivity index (χ1) is 17.6. The Morgan fingerprint density at radius 3 is 2.08 bits per heavy atom. The molecule has 0 aliphatic rings. The SMILES string of the molecule is COc1ccc(N(CCc2ccc(C(F)(F)F)cc2)C(=O)[C@@H](c2ccccc2OC)N(C)Cl)cc1OC. The molecule has 1 atom stereocenters. The molecule has 0 heterocycles. The summed E-state index contributed by atoms with van der Waals surface area (Å²) in [7, 11) is 6.07. The van der Waals surface area contributed by atoms with Gasteiger partial charge in [0, 0.05) is 30.9 Å². The fourth-order valence-corrected chi connectivity index (χ4v) is 4.17. The molecular weight excluding hydrogens is 509 g/mol. The molecule has 0 aromatic heterocycles. The molecule has 0 aliphatic carbocycles. The fourth-order valence-electron chi connectivity index (χ4n) is 3.98. The molecule has 3 aromatic rings. The van der Waals surface area contributed by atoms with E-state index in [1.807, 2.05) is 0 Å². The van der Waals surface area contributed by atoms with Crippen molar-refractivity contribution in [2.24, 2.45) is 0 Å². The lowest BCUT2D eigenvalue weighted by Gasteiger charge is -2.31. The van der Waals surface area contributed by atoms with Crippen LogP contribution >= 0.6 is 11.8 Å². The van der Waals surface area contributed by atoms with E-state index in [1.54, 1.807) is 49.5 Å². The van der Waals surface area contributed by atoms with Gasteiger partial charge in [0.05, 0.1) is 26.9 Å². The van der Waals surface area contributed by atoms with E-state index in [-0.39, 0.29) is 12.5 Å². The Labute approximate surface area is 219 Å². The van der Waals surface area contributed by atoms with Gasteiger partial charge in [0.15, 0.2) is 11.5 Å². The van der Waals surface area contributed by atoms with Crippen molar-refractivity contribution in [1.82, 2.24) is 4.42 Å².